The summed E-state index contributed by atoms with van der Waals surface area (Å²) in [5.74, 6) is 2.07. The smallest absolute Gasteiger partial charge is 0.0587 e. The summed E-state index contributed by atoms with van der Waals surface area (Å²) in [6.07, 6.45) is 7.40. The number of rotatable bonds is 6. The average molecular weight is 240 g/mol. The zero-order valence-electron chi connectivity index (χ0n) is 11.3. The molecule has 2 aliphatic rings. The number of likely N-dealkylation sites (tertiary alicyclic amines) is 1. The van der Waals surface area contributed by atoms with E-state index in [4.69, 9.17) is 4.74 Å². The van der Waals surface area contributed by atoms with Crippen LogP contribution in [-0.4, -0.2) is 51.3 Å². The van der Waals surface area contributed by atoms with Crippen LogP contribution in [0.1, 0.15) is 32.1 Å². The van der Waals surface area contributed by atoms with Gasteiger partial charge in [-0.15, -0.1) is 0 Å². The number of ether oxygens (including phenoxy) is 1. The highest BCUT2D eigenvalue weighted by Crippen LogP contribution is 2.35. The molecule has 2 rings (SSSR count). The second-order valence-corrected chi connectivity index (χ2v) is 5.64. The van der Waals surface area contributed by atoms with Gasteiger partial charge in [0.05, 0.1) is 6.61 Å². The van der Waals surface area contributed by atoms with Gasteiger partial charge in [0.2, 0.25) is 0 Å². The first-order valence-corrected chi connectivity index (χ1v) is 7.32. The molecular weight excluding hydrogens is 212 g/mol. The Hall–Kier alpha value is -0.120. The molecule has 100 valence electrons. The molecule has 0 radical (unpaired) electrons. The molecule has 0 bridgehead atoms. The van der Waals surface area contributed by atoms with Gasteiger partial charge in [-0.3, -0.25) is 0 Å². The van der Waals surface area contributed by atoms with Crippen LogP contribution in [0.3, 0.4) is 0 Å². The summed E-state index contributed by atoms with van der Waals surface area (Å²) in [5, 5.41) is 3.44. The van der Waals surface area contributed by atoms with Gasteiger partial charge >= 0.3 is 0 Å². The number of nitrogens with zero attached hydrogens (tertiary/aromatic N) is 1. The summed E-state index contributed by atoms with van der Waals surface area (Å²) in [6.45, 7) is 6.82. The maximum absolute atomic E-state index is 5.03. The summed E-state index contributed by atoms with van der Waals surface area (Å²) in [5.41, 5.74) is 0. The fourth-order valence-electron chi connectivity index (χ4n) is 3.42. The van der Waals surface area contributed by atoms with Crippen molar-refractivity contribution in [2.24, 2.45) is 11.8 Å². The van der Waals surface area contributed by atoms with Crippen LogP contribution in [0.25, 0.3) is 0 Å². The largest absolute Gasteiger partial charge is 0.383 e. The Bertz CT molecular complexity index is 210. The van der Waals surface area contributed by atoms with Crippen LogP contribution >= 0.6 is 0 Å². The molecule has 2 atom stereocenters. The van der Waals surface area contributed by atoms with Crippen molar-refractivity contribution in [3.05, 3.63) is 0 Å². The first-order chi connectivity index (χ1) is 8.40. The Balaban J connectivity index is 1.59. The minimum Gasteiger partial charge on any atom is -0.383 e. The van der Waals surface area contributed by atoms with E-state index in [1.807, 2.05) is 0 Å². The van der Waals surface area contributed by atoms with E-state index in [2.05, 4.69) is 10.2 Å². The van der Waals surface area contributed by atoms with Gasteiger partial charge in [0, 0.05) is 33.3 Å². The number of hydrogen-bond donors (Lipinski definition) is 1. The summed E-state index contributed by atoms with van der Waals surface area (Å²) in [6, 6.07) is 0. The summed E-state index contributed by atoms with van der Waals surface area (Å²) < 4.78 is 5.03. The molecule has 1 aliphatic carbocycles. The van der Waals surface area contributed by atoms with Crippen molar-refractivity contribution < 1.29 is 4.74 Å². The molecule has 1 saturated carbocycles. The molecule has 1 heterocycles. The van der Waals surface area contributed by atoms with Crippen molar-refractivity contribution in [3.63, 3.8) is 0 Å². The molecule has 3 heteroatoms. The Kier molecular flexibility index (Phi) is 5.75. The van der Waals surface area contributed by atoms with Crippen LogP contribution in [-0.2, 0) is 4.74 Å². The topological polar surface area (TPSA) is 24.5 Å². The maximum Gasteiger partial charge on any atom is 0.0587 e. The van der Waals surface area contributed by atoms with Crippen molar-refractivity contribution in [1.29, 1.82) is 0 Å². The Morgan fingerprint density at radius 1 is 1.12 bits per heavy atom. The molecule has 0 aromatic carbocycles. The fraction of sp³-hybridized carbons (Fsp3) is 1.00. The second kappa shape index (κ2) is 7.34. The summed E-state index contributed by atoms with van der Waals surface area (Å²) in [4.78, 5) is 2.66. The minimum atomic E-state index is 0.824. The zero-order valence-corrected chi connectivity index (χ0v) is 11.3. The van der Waals surface area contributed by atoms with Crippen LogP contribution < -0.4 is 5.32 Å². The predicted molar refractivity (Wildman–Crippen MR) is 71.3 cm³/mol. The first-order valence-electron chi connectivity index (χ1n) is 7.32. The molecule has 1 N–H and O–H groups in total. The van der Waals surface area contributed by atoms with Gasteiger partial charge in [-0.25, -0.2) is 0 Å². The van der Waals surface area contributed by atoms with Gasteiger partial charge in [-0.05, 0) is 31.2 Å². The lowest BCUT2D eigenvalue weighted by Gasteiger charge is -2.41. The molecular formula is C14H28N2O. The Morgan fingerprint density at radius 2 is 1.94 bits per heavy atom. The van der Waals surface area contributed by atoms with Gasteiger partial charge in [0.25, 0.3) is 0 Å². The van der Waals surface area contributed by atoms with E-state index in [1.54, 1.807) is 7.11 Å². The lowest BCUT2D eigenvalue weighted by atomic mass is 9.75. The molecule has 0 aromatic heterocycles. The van der Waals surface area contributed by atoms with E-state index >= 15 is 0 Å². The molecule has 0 amide bonds. The van der Waals surface area contributed by atoms with Crippen molar-refractivity contribution in [1.82, 2.24) is 10.2 Å². The fourth-order valence-corrected chi connectivity index (χ4v) is 3.42. The lowest BCUT2D eigenvalue weighted by molar-refractivity contribution is 0.0871. The zero-order chi connectivity index (χ0) is 11.9. The van der Waals surface area contributed by atoms with Gasteiger partial charge in [0.15, 0.2) is 0 Å². The predicted octanol–water partition coefficient (Wildman–Crippen LogP) is 1.73. The molecule has 2 fully saturated rings. The van der Waals surface area contributed by atoms with E-state index in [0.29, 0.717) is 0 Å². The number of hydrogen-bond acceptors (Lipinski definition) is 3. The highest BCUT2D eigenvalue weighted by atomic mass is 16.5. The number of fused-ring (bicyclic) bond motifs is 1. The molecule has 0 aromatic rings. The highest BCUT2D eigenvalue weighted by Gasteiger charge is 2.30. The van der Waals surface area contributed by atoms with E-state index < -0.39 is 0 Å². The number of nitrogens with one attached hydrogen (secondary N) is 1. The molecule has 17 heavy (non-hydrogen) atoms. The van der Waals surface area contributed by atoms with Crippen molar-refractivity contribution in [2.75, 3.05) is 46.4 Å². The highest BCUT2D eigenvalue weighted by molar-refractivity contribution is 4.83. The average Bonchev–Trinajstić information content (AvgIpc) is 2.38. The summed E-state index contributed by atoms with van der Waals surface area (Å²) in [7, 11) is 1.76. The third-order valence-corrected chi connectivity index (χ3v) is 4.46. The Morgan fingerprint density at radius 3 is 2.76 bits per heavy atom. The second-order valence-electron chi connectivity index (χ2n) is 5.64. The minimum absolute atomic E-state index is 0.824. The van der Waals surface area contributed by atoms with Gasteiger partial charge in [-0.1, -0.05) is 19.3 Å². The quantitative estimate of drug-likeness (QED) is 0.716. The van der Waals surface area contributed by atoms with Gasteiger partial charge < -0.3 is 15.0 Å². The van der Waals surface area contributed by atoms with Crippen LogP contribution in [0.2, 0.25) is 0 Å². The molecule has 1 saturated heterocycles. The van der Waals surface area contributed by atoms with E-state index in [1.165, 1.54) is 51.7 Å². The van der Waals surface area contributed by atoms with Crippen molar-refractivity contribution >= 4 is 0 Å². The number of methoxy groups -OCH3 is 1. The van der Waals surface area contributed by atoms with Crippen LogP contribution in [0, 0.1) is 11.8 Å². The normalized spacial score (nSPS) is 30.2. The van der Waals surface area contributed by atoms with Crippen molar-refractivity contribution in [2.45, 2.75) is 32.1 Å². The van der Waals surface area contributed by atoms with Crippen LogP contribution in [0.15, 0.2) is 0 Å². The SMILES string of the molecule is COCCNCCN1CCC2CCCCC2C1. The molecule has 2 unspecified atom stereocenters. The van der Waals surface area contributed by atoms with E-state index in [-0.39, 0.29) is 0 Å². The monoisotopic (exact) mass is 240 g/mol. The molecule has 0 spiro atoms. The maximum atomic E-state index is 5.03. The van der Waals surface area contributed by atoms with Crippen molar-refractivity contribution in [3.8, 4) is 0 Å². The van der Waals surface area contributed by atoms with Gasteiger partial charge in [0.1, 0.15) is 0 Å². The van der Waals surface area contributed by atoms with E-state index in [0.717, 1.165) is 31.5 Å². The van der Waals surface area contributed by atoms with Gasteiger partial charge in [-0.2, -0.15) is 0 Å². The van der Waals surface area contributed by atoms with Crippen LogP contribution in [0.4, 0.5) is 0 Å². The third-order valence-electron chi connectivity index (χ3n) is 4.46. The van der Waals surface area contributed by atoms with E-state index in [9.17, 15) is 0 Å². The lowest BCUT2D eigenvalue weighted by Crippen LogP contribution is -2.44. The van der Waals surface area contributed by atoms with Crippen LogP contribution in [0.5, 0.6) is 0 Å². The molecule has 3 nitrogen and oxygen atoms in total. The third kappa shape index (κ3) is 4.23. The molecule has 1 aliphatic heterocycles. The standard InChI is InChI=1S/C14H28N2O/c1-17-11-8-15-7-10-16-9-6-13-4-2-3-5-14(13)12-16/h13-15H,2-12H2,1H3. The summed E-state index contributed by atoms with van der Waals surface area (Å²) >= 11 is 0. The first kappa shape index (κ1) is 13.3. The number of piperidine rings is 1. The Labute approximate surface area is 106 Å².